The molecule has 2 atom stereocenters. The molecule has 0 bridgehead atoms. The van der Waals surface area contributed by atoms with Gasteiger partial charge in [-0.15, -0.1) is 0 Å². The topological polar surface area (TPSA) is 125 Å². The van der Waals surface area contributed by atoms with E-state index in [1.165, 1.54) is 18.1 Å². The van der Waals surface area contributed by atoms with Gasteiger partial charge in [-0.3, -0.25) is 14.4 Å². The molecule has 0 radical (unpaired) electrons. The number of hydrogen-bond acceptors (Lipinski definition) is 5. The molecule has 3 N–H and O–H groups in total. The van der Waals surface area contributed by atoms with E-state index < -0.39 is 35.8 Å². The number of rotatable bonds is 7. The molecule has 1 heterocycles. The smallest absolute Gasteiger partial charge is 0.316 e. The van der Waals surface area contributed by atoms with Crippen LogP contribution in [0.4, 0.5) is 4.79 Å². The number of ketones is 1. The van der Waals surface area contributed by atoms with Crippen molar-refractivity contribution in [2.45, 2.75) is 25.4 Å². The molecule has 2 aromatic carbocycles. The minimum atomic E-state index is -1.36. The summed E-state index contributed by atoms with van der Waals surface area (Å²) in [5, 5.41) is 14.3. The molecule has 1 aliphatic heterocycles. The highest BCUT2D eigenvalue weighted by Gasteiger charge is 2.35. The number of hydrogen-bond donors (Lipinski definition) is 3. The lowest BCUT2D eigenvalue weighted by Crippen LogP contribution is -2.56. The first-order valence-corrected chi connectivity index (χ1v) is 10.2. The maximum absolute atomic E-state index is 12.6. The summed E-state index contributed by atoms with van der Waals surface area (Å²) >= 11 is 0. The number of likely N-dealkylation sites (N-methyl/N-ethyl adjacent to an activating group) is 1. The zero-order chi connectivity index (χ0) is 24.1. The summed E-state index contributed by atoms with van der Waals surface area (Å²) in [6.07, 6.45) is 1.02. The van der Waals surface area contributed by atoms with Gasteiger partial charge < -0.3 is 25.4 Å². The molecule has 2 aromatic rings. The second-order valence-electron chi connectivity index (χ2n) is 7.68. The van der Waals surface area contributed by atoms with Gasteiger partial charge in [-0.05, 0) is 41.8 Å². The van der Waals surface area contributed by atoms with Crippen molar-refractivity contribution in [2.75, 3.05) is 14.2 Å². The van der Waals surface area contributed by atoms with E-state index in [4.69, 9.17) is 4.74 Å². The molecule has 0 saturated heterocycles. The van der Waals surface area contributed by atoms with Gasteiger partial charge in [0.2, 0.25) is 0 Å². The fraction of sp³-hybridized carbons (Fsp3) is 0.250. The van der Waals surface area contributed by atoms with Crippen LogP contribution in [0.3, 0.4) is 0 Å². The molecule has 33 heavy (non-hydrogen) atoms. The van der Waals surface area contributed by atoms with Crippen LogP contribution in [0.5, 0.6) is 5.75 Å². The molecule has 1 unspecified atom stereocenters. The maximum Gasteiger partial charge on any atom is 0.316 e. The van der Waals surface area contributed by atoms with E-state index in [1.54, 1.807) is 32.2 Å². The van der Waals surface area contributed by atoms with Gasteiger partial charge in [0.05, 0.1) is 19.6 Å². The van der Waals surface area contributed by atoms with Crippen LogP contribution in [0.25, 0.3) is 11.1 Å². The lowest BCUT2D eigenvalue weighted by molar-refractivity contribution is -0.138. The van der Waals surface area contributed by atoms with Gasteiger partial charge in [-0.2, -0.15) is 0 Å². The van der Waals surface area contributed by atoms with Crippen molar-refractivity contribution in [3.05, 3.63) is 65.9 Å². The number of nitrogens with one attached hydrogen (secondary N) is 2. The largest absolute Gasteiger partial charge is 0.497 e. The monoisotopic (exact) mass is 451 g/mol. The number of amides is 3. The van der Waals surface area contributed by atoms with E-state index in [0.717, 1.165) is 11.1 Å². The fourth-order valence-electron chi connectivity index (χ4n) is 3.56. The van der Waals surface area contributed by atoms with E-state index in [0.29, 0.717) is 16.9 Å². The molecule has 172 valence electrons. The summed E-state index contributed by atoms with van der Waals surface area (Å²) < 4.78 is 5.17. The predicted molar refractivity (Wildman–Crippen MR) is 120 cm³/mol. The van der Waals surface area contributed by atoms with Crippen LogP contribution in [0, 0.1) is 0 Å². The van der Waals surface area contributed by atoms with E-state index in [-0.39, 0.29) is 6.42 Å². The normalized spacial score (nSPS) is 16.6. The third kappa shape index (κ3) is 5.57. The van der Waals surface area contributed by atoms with Gasteiger partial charge in [0, 0.05) is 18.8 Å². The molecule has 0 aliphatic carbocycles. The fourth-order valence-corrected chi connectivity index (χ4v) is 3.56. The third-order valence-electron chi connectivity index (χ3n) is 5.30. The Morgan fingerprint density at radius 2 is 1.82 bits per heavy atom. The summed E-state index contributed by atoms with van der Waals surface area (Å²) in [5.41, 5.74) is 2.61. The second kappa shape index (κ2) is 9.99. The number of aliphatic carboxylic acids is 1. The number of methoxy groups -OCH3 is 1. The van der Waals surface area contributed by atoms with Gasteiger partial charge in [0.15, 0.2) is 11.8 Å². The lowest BCUT2D eigenvalue weighted by atomic mass is 9.97. The van der Waals surface area contributed by atoms with E-state index in [1.807, 2.05) is 30.3 Å². The standard InChI is InChI=1S/C24H25N3O6/c1-14-13-27(2)23(31)21(22(14)30)26-24(32)25-19(12-20(28)29)17-6-4-5-16(11-17)15-7-9-18(33-3)10-8-15/h4-11,13,19,21H,12H2,1-3H3,(H,28,29)(H2,25,26,32)/t19-,21?/m0/s1. The Hall–Kier alpha value is -4.14. The van der Waals surface area contributed by atoms with E-state index in [2.05, 4.69) is 10.6 Å². The van der Waals surface area contributed by atoms with Crippen LogP contribution >= 0.6 is 0 Å². The quantitative estimate of drug-likeness (QED) is 0.556. The van der Waals surface area contributed by atoms with Crippen LogP contribution in [-0.4, -0.2) is 53.9 Å². The molecule has 1 aliphatic rings. The van der Waals surface area contributed by atoms with Crippen molar-refractivity contribution in [3.8, 4) is 16.9 Å². The van der Waals surface area contributed by atoms with Crippen LogP contribution in [0.2, 0.25) is 0 Å². The Morgan fingerprint density at radius 1 is 1.12 bits per heavy atom. The average molecular weight is 451 g/mol. The molecule has 9 heteroatoms. The van der Waals surface area contributed by atoms with Crippen molar-refractivity contribution < 1.29 is 29.0 Å². The summed E-state index contributed by atoms with van der Waals surface area (Å²) in [5.74, 6) is -1.49. The van der Waals surface area contributed by atoms with Crippen LogP contribution in [-0.2, 0) is 14.4 Å². The first kappa shape index (κ1) is 23.5. The molecule has 3 rings (SSSR count). The number of nitrogens with zero attached hydrogens (tertiary/aromatic N) is 1. The summed E-state index contributed by atoms with van der Waals surface area (Å²) in [4.78, 5) is 50.0. The molecule has 0 spiro atoms. The molecule has 0 fully saturated rings. The summed E-state index contributed by atoms with van der Waals surface area (Å²) in [7, 11) is 3.07. The molecule has 0 saturated carbocycles. The molecule has 9 nitrogen and oxygen atoms in total. The number of Topliss-reactive ketones (excluding diaryl/α,β-unsaturated/α-hetero) is 1. The Morgan fingerprint density at radius 3 is 2.45 bits per heavy atom. The first-order chi connectivity index (χ1) is 15.7. The third-order valence-corrected chi connectivity index (χ3v) is 5.30. The first-order valence-electron chi connectivity index (χ1n) is 10.2. The number of urea groups is 1. The van der Waals surface area contributed by atoms with Crippen LogP contribution in [0.1, 0.15) is 24.9 Å². The number of carbonyl (C=O) groups is 4. The van der Waals surface area contributed by atoms with Gasteiger partial charge in [-0.25, -0.2) is 4.79 Å². The number of ether oxygens (including phenoxy) is 1. The minimum Gasteiger partial charge on any atom is -0.497 e. The average Bonchev–Trinajstić information content (AvgIpc) is 2.80. The molecular weight excluding hydrogens is 426 g/mol. The van der Waals surface area contributed by atoms with Gasteiger partial charge in [0.1, 0.15) is 5.75 Å². The molecular formula is C24H25N3O6. The number of benzene rings is 2. The predicted octanol–water partition coefficient (Wildman–Crippen LogP) is 2.49. The van der Waals surface area contributed by atoms with Gasteiger partial charge in [-0.1, -0.05) is 30.3 Å². The minimum absolute atomic E-state index is 0.330. The van der Waals surface area contributed by atoms with Crippen LogP contribution < -0.4 is 15.4 Å². The van der Waals surface area contributed by atoms with Crippen molar-refractivity contribution in [3.63, 3.8) is 0 Å². The van der Waals surface area contributed by atoms with Crippen molar-refractivity contribution >= 4 is 23.7 Å². The lowest BCUT2D eigenvalue weighted by Gasteiger charge is -2.27. The Labute approximate surface area is 191 Å². The zero-order valence-corrected chi connectivity index (χ0v) is 18.5. The summed E-state index contributed by atoms with van der Waals surface area (Å²) in [6.45, 7) is 1.55. The second-order valence-corrected chi connectivity index (χ2v) is 7.68. The number of carbonyl (C=O) groups excluding carboxylic acids is 3. The molecule has 3 amide bonds. The van der Waals surface area contributed by atoms with Crippen molar-refractivity contribution in [2.24, 2.45) is 0 Å². The zero-order valence-electron chi connectivity index (χ0n) is 18.5. The van der Waals surface area contributed by atoms with Gasteiger partial charge in [0.25, 0.3) is 5.91 Å². The molecule has 0 aromatic heterocycles. The Bertz CT molecular complexity index is 1110. The van der Waals surface area contributed by atoms with E-state index >= 15 is 0 Å². The number of carboxylic acids is 1. The van der Waals surface area contributed by atoms with Gasteiger partial charge >= 0.3 is 12.0 Å². The van der Waals surface area contributed by atoms with E-state index in [9.17, 15) is 24.3 Å². The highest BCUT2D eigenvalue weighted by atomic mass is 16.5. The Balaban J connectivity index is 1.80. The SMILES string of the molecule is COc1ccc(-c2cccc([C@H](CC(=O)O)NC(=O)NC3C(=O)C(C)=CN(C)C3=O)c2)cc1. The highest BCUT2D eigenvalue weighted by Crippen LogP contribution is 2.26. The van der Waals surface area contributed by atoms with Crippen molar-refractivity contribution in [1.29, 1.82) is 0 Å². The maximum atomic E-state index is 12.6. The van der Waals surface area contributed by atoms with Crippen LogP contribution in [0.15, 0.2) is 60.3 Å². The highest BCUT2D eigenvalue weighted by molar-refractivity contribution is 6.16. The van der Waals surface area contributed by atoms with Crippen molar-refractivity contribution in [1.82, 2.24) is 15.5 Å². The Kier molecular flexibility index (Phi) is 7.12. The number of carboxylic acid groups (broad SMARTS) is 1. The summed E-state index contributed by atoms with van der Waals surface area (Å²) in [6, 6.07) is 11.4.